The van der Waals surface area contributed by atoms with Crippen LogP contribution >= 0.6 is 0 Å². The van der Waals surface area contributed by atoms with E-state index in [2.05, 4.69) is 20.6 Å². The number of anilines is 2. The van der Waals surface area contributed by atoms with E-state index < -0.39 is 0 Å². The van der Waals surface area contributed by atoms with Crippen molar-refractivity contribution >= 4 is 17.4 Å². The van der Waals surface area contributed by atoms with Gasteiger partial charge in [0.15, 0.2) is 5.82 Å². The zero-order valence-corrected chi connectivity index (χ0v) is 8.57. The number of hydrogen-bond donors (Lipinski definition) is 3. The molecule has 1 amide bonds. The third-order valence-corrected chi connectivity index (χ3v) is 1.74. The van der Waals surface area contributed by atoms with E-state index in [4.69, 9.17) is 10.5 Å². The first-order valence-corrected chi connectivity index (χ1v) is 4.28. The van der Waals surface area contributed by atoms with Gasteiger partial charge in [0, 0.05) is 7.05 Å². The molecule has 1 heterocycles. The van der Waals surface area contributed by atoms with Gasteiger partial charge in [-0.05, 0) is 0 Å². The molecule has 0 radical (unpaired) electrons. The van der Waals surface area contributed by atoms with Crippen molar-refractivity contribution in [1.29, 1.82) is 0 Å². The first-order valence-electron chi connectivity index (χ1n) is 4.28. The maximum Gasteiger partial charge on any atom is 0.242 e. The predicted molar refractivity (Wildman–Crippen MR) is 55.6 cm³/mol. The SMILES string of the molecule is CNC(=O)CNc1ncnc(OC)c1N. The molecule has 82 valence electrons. The van der Waals surface area contributed by atoms with E-state index in [1.165, 1.54) is 13.4 Å². The smallest absolute Gasteiger partial charge is 0.242 e. The lowest BCUT2D eigenvalue weighted by Gasteiger charge is -2.09. The summed E-state index contributed by atoms with van der Waals surface area (Å²) >= 11 is 0. The highest BCUT2D eigenvalue weighted by Gasteiger charge is 2.08. The fourth-order valence-electron chi connectivity index (χ4n) is 0.935. The molecule has 7 nitrogen and oxygen atoms in total. The van der Waals surface area contributed by atoms with Crippen molar-refractivity contribution in [1.82, 2.24) is 15.3 Å². The first-order chi connectivity index (χ1) is 7.19. The van der Waals surface area contributed by atoms with Crippen LogP contribution in [-0.4, -0.2) is 36.6 Å². The van der Waals surface area contributed by atoms with Gasteiger partial charge in [0.05, 0.1) is 13.7 Å². The molecular formula is C8H13N5O2. The van der Waals surface area contributed by atoms with Crippen molar-refractivity contribution in [3.8, 4) is 5.88 Å². The molecule has 0 aliphatic rings. The number of rotatable bonds is 4. The Morgan fingerprint density at radius 2 is 2.33 bits per heavy atom. The molecule has 0 aliphatic heterocycles. The Kier molecular flexibility index (Phi) is 3.67. The number of nitrogens with zero attached hydrogens (tertiary/aromatic N) is 2. The molecule has 0 spiro atoms. The van der Waals surface area contributed by atoms with Crippen molar-refractivity contribution < 1.29 is 9.53 Å². The van der Waals surface area contributed by atoms with E-state index in [1.54, 1.807) is 7.05 Å². The van der Waals surface area contributed by atoms with Gasteiger partial charge in [-0.25, -0.2) is 4.98 Å². The van der Waals surface area contributed by atoms with E-state index in [1.807, 2.05) is 0 Å². The Hall–Kier alpha value is -2.05. The van der Waals surface area contributed by atoms with Crippen LogP contribution in [0.2, 0.25) is 0 Å². The highest BCUT2D eigenvalue weighted by molar-refractivity contribution is 5.81. The van der Waals surface area contributed by atoms with Gasteiger partial charge in [-0.1, -0.05) is 0 Å². The highest BCUT2D eigenvalue weighted by Crippen LogP contribution is 2.23. The van der Waals surface area contributed by atoms with Crippen LogP contribution in [0.3, 0.4) is 0 Å². The van der Waals surface area contributed by atoms with Crippen molar-refractivity contribution in [2.75, 3.05) is 31.8 Å². The standard InChI is InChI=1S/C8H13N5O2/c1-10-5(14)3-11-7-6(9)8(15-2)13-4-12-7/h4H,3,9H2,1-2H3,(H,10,14)(H,11,12,13). The number of hydrogen-bond acceptors (Lipinski definition) is 6. The second kappa shape index (κ2) is 4.99. The Morgan fingerprint density at radius 1 is 1.60 bits per heavy atom. The molecule has 0 atom stereocenters. The largest absolute Gasteiger partial charge is 0.479 e. The zero-order valence-electron chi connectivity index (χ0n) is 8.57. The van der Waals surface area contributed by atoms with Crippen LogP contribution in [-0.2, 0) is 4.79 Å². The number of carbonyl (C=O) groups excluding carboxylic acids is 1. The monoisotopic (exact) mass is 211 g/mol. The molecule has 0 saturated heterocycles. The van der Waals surface area contributed by atoms with Crippen molar-refractivity contribution in [2.45, 2.75) is 0 Å². The minimum atomic E-state index is -0.160. The van der Waals surface area contributed by atoms with Crippen LogP contribution in [0.4, 0.5) is 11.5 Å². The Bertz CT molecular complexity index is 355. The summed E-state index contributed by atoms with van der Waals surface area (Å²) in [5, 5.41) is 5.24. The first kappa shape index (κ1) is 11.0. The minimum absolute atomic E-state index is 0.0981. The van der Waals surface area contributed by atoms with Gasteiger partial charge in [0.1, 0.15) is 12.0 Å². The number of nitrogens with one attached hydrogen (secondary N) is 2. The highest BCUT2D eigenvalue weighted by atomic mass is 16.5. The quantitative estimate of drug-likeness (QED) is 0.604. The van der Waals surface area contributed by atoms with Gasteiger partial charge in [0.2, 0.25) is 11.8 Å². The lowest BCUT2D eigenvalue weighted by molar-refractivity contribution is -0.118. The number of nitrogen functional groups attached to an aromatic ring is 1. The predicted octanol–water partition coefficient (Wildman–Crippen LogP) is -0.775. The fourth-order valence-corrected chi connectivity index (χ4v) is 0.935. The third-order valence-electron chi connectivity index (χ3n) is 1.74. The van der Waals surface area contributed by atoms with E-state index in [9.17, 15) is 4.79 Å². The summed E-state index contributed by atoms with van der Waals surface area (Å²) < 4.78 is 4.90. The molecular weight excluding hydrogens is 198 g/mol. The van der Waals surface area contributed by atoms with Crippen LogP contribution in [0.5, 0.6) is 5.88 Å². The number of ether oxygens (including phenoxy) is 1. The average Bonchev–Trinajstić information content (AvgIpc) is 2.27. The lowest BCUT2D eigenvalue weighted by atomic mass is 10.4. The topological polar surface area (TPSA) is 102 Å². The van der Waals surface area contributed by atoms with E-state index in [0.717, 1.165) is 0 Å². The fraction of sp³-hybridized carbons (Fsp3) is 0.375. The number of methoxy groups -OCH3 is 1. The summed E-state index contributed by atoms with van der Waals surface area (Å²) in [6, 6.07) is 0. The molecule has 0 saturated carbocycles. The lowest BCUT2D eigenvalue weighted by Crippen LogP contribution is -2.26. The zero-order chi connectivity index (χ0) is 11.3. The molecule has 0 fully saturated rings. The summed E-state index contributed by atoms with van der Waals surface area (Å²) in [5.74, 6) is 0.502. The number of aromatic nitrogens is 2. The van der Waals surface area contributed by atoms with Gasteiger partial charge in [-0.3, -0.25) is 4.79 Å². The third kappa shape index (κ3) is 2.70. The summed E-state index contributed by atoms with van der Waals surface area (Å²) in [4.78, 5) is 18.7. The molecule has 7 heteroatoms. The summed E-state index contributed by atoms with van der Waals surface area (Å²) in [6.07, 6.45) is 1.31. The Morgan fingerprint density at radius 3 is 2.93 bits per heavy atom. The van der Waals surface area contributed by atoms with Gasteiger partial charge in [0.25, 0.3) is 0 Å². The number of nitrogens with two attached hydrogens (primary N) is 1. The van der Waals surface area contributed by atoms with Gasteiger partial charge in [-0.2, -0.15) is 4.98 Å². The molecule has 4 N–H and O–H groups in total. The van der Waals surface area contributed by atoms with Crippen LogP contribution in [0.25, 0.3) is 0 Å². The van der Waals surface area contributed by atoms with Crippen molar-refractivity contribution in [3.05, 3.63) is 6.33 Å². The normalized spacial score (nSPS) is 9.47. The maximum atomic E-state index is 11.0. The molecule has 0 aromatic carbocycles. The Labute approximate surface area is 87.0 Å². The molecule has 1 rings (SSSR count). The molecule has 1 aromatic heterocycles. The number of likely N-dealkylation sites (N-methyl/N-ethyl adjacent to an activating group) is 1. The molecule has 1 aromatic rings. The van der Waals surface area contributed by atoms with Gasteiger partial charge in [-0.15, -0.1) is 0 Å². The second-order valence-electron chi connectivity index (χ2n) is 2.67. The maximum absolute atomic E-state index is 11.0. The van der Waals surface area contributed by atoms with Crippen LogP contribution < -0.4 is 21.1 Å². The number of carbonyl (C=O) groups is 1. The van der Waals surface area contributed by atoms with E-state index in [-0.39, 0.29) is 24.0 Å². The van der Waals surface area contributed by atoms with Crippen LogP contribution in [0.1, 0.15) is 0 Å². The summed E-state index contributed by atoms with van der Waals surface area (Å²) in [6.45, 7) is 0.0981. The Balaban J connectivity index is 2.73. The minimum Gasteiger partial charge on any atom is -0.479 e. The van der Waals surface area contributed by atoms with Crippen LogP contribution in [0, 0.1) is 0 Å². The van der Waals surface area contributed by atoms with E-state index in [0.29, 0.717) is 5.82 Å². The number of amides is 1. The second-order valence-corrected chi connectivity index (χ2v) is 2.67. The molecule has 0 unspecified atom stereocenters. The van der Waals surface area contributed by atoms with E-state index >= 15 is 0 Å². The summed E-state index contributed by atoms with van der Waals surface area (Å²) in [7, 11) is 3.01. The molecule has 15 heavy (non-hydrogen) atoms. The van der Waals surface area contributed by atoms with Crippen molar-refractivity contribution in [2.24, 2.45) is 0 Å². The summed E-state index contributed by atoms with van der Waals surface area (Å²) in [5.41, 5.74) is 5.96. The molecule has 0 aliphatic carbocycles. The van der Waals surface area contributed by atoms with Crippen molar-refractivity contribution in [3.63, 3.8) is 0 Å². The van der Waals surface area contributed by atoms with Crippen LogP contribution in [0.15, 0.2) is 6.33 Å². The molecule has 0 bridgehead atoms. The van der Waals surface area contributed by atoms with Gasteiger partial charge >= 0.3 is 0 Å². The van der Waals surface area contributed by atoms with Gasteiger partial charge < -0.3 is 21.1 Å². The average molecular weight is 211 g/mol.